The number of ketones is 1. The second kappa shape index (κ2) is 5.52. The predicted molar refractivity (Wildman–Crippen MR) is 76.6 cm³/mol. The molecule has 0 saturated carbocycles. The van der Waals surface area contributed by atoms with E-state index >= 15 is 0 Å². The number of carbonyl (C=O) groups is 1. The molecule has 110 valence electrons. The molecule has 0 bridgehead atoms. The first kappa shape index (κ1) is 15.0. The van der Waals surface area contributed by atoms with Gasteiger partial charge in [-0.1, -0.05) is 0 Å². The van der Waals surface area contributed by atoms with Crippen LogP contribution in [0.3, 0.4) is 0 Å². The number of nitrogens with zero attached hydrogens (tertiary/aromatic N) is 1. The highest BCUT2D eigenvalue weighted by Gasteiger charge is 2.22. The Kier molecular flexibility index (Phi) is 4.13. The number of Topliss-reactive ketones (excluding diaryl/α,β-unsaturated/α-hetero) is 1. The number of hydrogen-bond acceptors (Lipinski definition) is 4. The molecule has 1 heterocycles. The van der Waals surface area contributed by atoms with E-state index in [4.69, 9.17) is 0 Å². The maximum absolute atomic E-state index is 13.6. The predicted octanol–water partition coefficient (Wildman–Crippen LogP) is 1.96. The zero-order valence-corrected chi connectivity index (χ0v) is 12.5. The fourth-order valence-corrected chi connectivity index (χ4v) is 3.66. The van der Waals surface area contributed by atoms with Gasteiger partial charge in [0.1, 0.15) is 5.82 Å². The van der Waals surface area contributed by atoms with Gasteiger partial charge in [-0.25, -0.2) is 12.8 Å². The number of sulfone groups is 1. The summed E-state index contributed by atoms with van der Waals surface area (Å²) < 4.78 is 36.9. The van der Waals surface area contributed by atoms with Crippen LogP contribution in [0.4, 0.5) is 10.1 Å². The number of halogens is 1. The van der Waals surface area contributed by atoms with Crippen LogP contribution in [0, 0.1) is 12.7 Å². The molecule has 0 aliphatic carbocycles. The number of anilines is 1. The molecule has 1 aromatic rings. The van der Waals surface area contributed by atoms with E-state index in [2.05, 4.69) is 0 Å². The van der Waals surface area contributed by atoms with Crippen LogP contribution in [-0.4, -0.2) is 38.8 Å². The summed E-state index contributed by atoms with van der Waals surface area (Å²) in [5.41, 5.74) is 1.40. The largest absolute Gasteiger partial charge is 0.370 e. The van der Waals surface area contributed by atoms with Gasteiger partial charge in [0.15, 0.2) is 15.6 Å². The Morgan fingerprint density at radius 1 is 1.25 bits per heavy atom. The third-order valence-corrected chi connectivity index (χ3v) is 5.27. The standard InChI is InChI=1S/C14H18FNO3S/c1-10-8-14(12(11(2)17)9-13(10)15)16-4-3-6-20(18,19)7-5-16/h8-9H,3-7H2,1-2H3. The first-order valence-corrected chi connectivity index (χ1v) is 8.39. The van der Waals surface area contributed by atoms with Crippen LogP contribution < -0.4 is 4.90 Å². The van der Waals surface area contributed by atoms with E-state index in [0.29, 0.717) is 36.3 Å². The van der Waals surface area contributed by atoms with Gasteiger partial charge in [-0.2, -0.15) is 0 Å². The van der Waals surface area contributed by atoms with Gasteiger partial charge in [-0.05, 0) is 38.0 Å². The lowest BCUT2D eigenvalue weighted by Gasteiger charge is -2.25. The van der Waals surface area contributed by atoms with Crippen LogP contribution in [0.1, 0.15) is 29.3 Å². The molecule has 20 heavy (non-hydrogen) atoms. The first-order valence-electron chi connectivity index (χ1n) is 6.56. The molecule has 0 radical (unpaired) electrons. The van der Waals surface area contributed by atoms with E-state index < -0.39 is 15.7 Å². The number of carbonyl (C=O) groups excluding carboxylic acids is 1. The molecule has 1 fully saturated rings. The normalized spacial score (nSPS) is 18.6. The molecule has 4 nitrogen and oxygen atoms in total. The molecule has 0 aromatic heterocycles. The molecule has 0 atom stereocenters. The molecule has 0 N–H and O–H groups in total. The van der Waals surface area contributed by atoms with Crippen molar-refractivity contribution in [2.45, 2.75) is 20.3 Å². The molecule has 1 aliphatic heterocycles. The van der Waals surface area contributed by atoms with Gasteiger partial charge < -0.3 is 4.90 Å². The molecule has 0 unspecified atom stereocenters. The molecule has 2 rings (SSSR count). The average Bonchev–Trinajstić information content (AvgIpc) is 2.53. The molecular weight excluding hydrogens is 281 g/mol. The summed E-state index contributed by atoms with van der Waals surface area (Å²) in [6.45, 7) is 3.93. The second-order valence-corrected chi connectivity index (χ2v) is 7.47. The molecule has 1 aliphatic rings. The van der Waals surface area contributed by atoms with Gasteiger partial charge in [-0.15, -0.1) is 0 Å². The highest BCUT2D eigenvalue weighted by Crippen LogP contribution is 2.26. The smallest absolute Gasteiger partial charge is 0.161 e. The van der Waals surface area contributed by atoms with Gasteiger partial charge in [0.05, 0.1) is 11.5 Å². The third kappa shape index (κ3) is 3.17. The van der Waals surface area contributed by atoms with E-state index in [1.807, 2.05) is 4.90 Å². The van der Waals surface area contributed by atoms with E-state index in [0.717, 1.165) is 0 Å². The van der Waals surface area contributed by atoms with Gasteiger partial charge in [0.25, 0.3) is 0 Å². The van der Waals surface area contributed by atoms with Crippen LogP contribution in [-0.2, 0) is 9.84 Å². The van der Waals surface area contributed by atoms with Gasteiger partial charge in [0, 0.05) is 24.3 Å². The Morgan fingerprint density at radius 3 is 2.60 bits per heavy atom. The summed E-state index contributed by atoms with van der Waals surface area (Å²) in [6.07, 6.45) is 0.524. The van der Waals surface area contributed by atoms with Crippen molar-refractivity contribution in [2.24, 2.45) is 0 Å². The first-order chi connectivity index (χ1) is 9.30. The monoisotopic (exact) mass is 299 g/mol. The molecule has 1 aromatic carbocycles. The Bertz CT molecular complexity index is 640. The Balaban J connectivity index is 2.41. The summed E-state index contributed by atoms with van der Waals surface area (Å²) in [4.78, 5) is 13.5. The highest BCUT2D eigenvalue weighted by atomic mass is 32.2. The van der Waals surface area contributed by atoms with Crippen molar-refractivity contribution in [3.8, 4) is 0 Å². The maximum atomic E-state index is 13.6. The van der Waals surface area contributed by atoms with Gasteiger partial charge >= 0.3 is 0 Å². The fraction of sp³-hybridized carbons (Fsp3) is 0.500. The zero-order valence-electron chi connectivity index (χ0n) is 11.6. The number of benzene rings is 1. The van der Waals surface area contributed by atoms with Crippen LogP contribution in [0.2, 0.25) is 0 Å². The van der Waals surface area contributed by atoms with Crippen molar-refractivity contribution in [1.82, 2.24) is 0 Å². The van der Waals surface area contributed by atoms with Crippen LogP contribution in [0.25, 0.3) is 0 Å². The van der Waals surface area contributed by atoms with Gasteiger partial charge in [0.2, 0.25) is 0 Å². The van der Waals surface area contributed by atoms with E-state index in [1.165, 1.54) is 13.0 Å². The lowest BCUT2D eigenvalue weighted by molar-refractivity contribution is 0.101. The maximum Gasteiger partial charge on any atom is 0.161 e. The van der Waals surface area contributed by atoms with Crippen molar-refractivity contribution < 1.29 is 17.6 Å². The van der Waals surface area contributed by atoms with Crippen LogP contribution in [0.15, 0.2) is 12.1 Å². The molecule has 6 heteroatoms. The van der Waals surface area contributed by atoms with Crippen molar-refractivity contribution >= 4 is 21.3 Å². The summed E-state index contributed by atoms with van der Waals surface area (Å²) >= 11 is 0. The number of aryl methyl sites for hydroxylation is 1. The lowest BCUT2D eigenvalue weighted by atomic mass is 10.0. The second-order valence-electron chi connectivity index (χ2n) is 5.17. The Hall–Kier alpha value is -1.43. The quantitative estimate of drug-likeness (QED) is 0.783. The molecule has 0 amide bonds. The van der Waals surface area contributed by atoms with Crippen LogP contribution in [0.5, 0.6) is 0 Å². The van der Waals surface area contributed by atoms with Crippen molar-refractivity contribution in [1.29, 1.82) is 0 Å². The minimum Gasteiger partial charge on any atom is -0.370 e. The van der Waals surface area contributed by atoms with E-state index in [9.17, 15) is 17.6 Å². The average molecular weight is 299 g/mol. The third-order valence-electron chi connectivity index (χ3n) is 3.55. The SMILES string of the molecule is CC(=O)c1cc(F)c(C)cc1N1CCCS(=O)(=O)CC1. The minimum atomic E-state index is -3.01. The number of hydrogen-bond donors (Lipinski definition) is 0. The minimum absolute atomic E-state index is 0.0702. The Labute approximate surface area is 118 Å². The summed E-state index contributed by atoms with van der Waals surface area (Å²) in [6, 6.07) is 2.87. The lowest BCUT2D eigenvalue weighted by Crippen LogP contribution is -2.28. The molecule has 1 saturated heterocycles. The summed E-state index contributed by atoms with van der Waals surface area (Å²) in [5, 5.41) is 0. The van der Waals surface area contributed by atoms with Crippen LogP contribution >= 0.6 is 0 Å². The number of rotatable bonds is 2. The highest BCUT2D eigenvalue weighted by molar-refractivity contribution is 7.91. The van der Waals surface area contributed by atoms with E-state index in [-0.39, 0.29) is 17.3 Å². The van der Waals surface area contributed by atoms with Crippen molar-refractivity contribution in [2.75, 3.05) is 29.5 Å². The fourth-order valence-electron chi connectivity index (χ4n) is 2.39. The Morgan fingerprint density at radius 2 is 1.95 bits per heavy atom. The summed E-state index contributed by atoms with van der Waals surface area (Å²) in [5.74, 6) is -0.396. The topological polar surface area (TPSA) is 54.5 Å². The molecular formula is C14H18FNO3S. The van der Waals surface area contributed by atoms with E-state index in [1.54, 1.807) is 13.0 Å². The zero-order chi connectivity index (χ0) is 14.9. The van der Waals surface area contributed by atoms with Gasteiger partial charge in [-0.3, -0.25) is 4.79 Å². The van der Waals surface area contributed by atoms with Crippen molar-refractivity contribution in [3.05, 3.63) is 29.1 Å². The summed E-state index contributed by atoms with van der Waals surface area (Å²) in [7, 11) is -3.01. The molecule has 0 spiro atoms. The van der Waals surface area contributed by atoms with Crippen molar-refractivity contribution in [3.63, 3.8) is 0 Å².